The Bertz CT molecular complexity index is 666. The number of fused-ring (bicyclic) bond motifs is 4. The first-order valence-corrected chi connectivity index (χ1v) is 9.92. The molecule has 0 saturated carbocycles. The third-order valence-electron chi connectivity index (χ3n) is 5.98. The lowest BCUT2D eigenvalue weighted by atomic mass is 9.59. The minimum atomic E-state index is 0.122. The van der Waals surface area contributed by atoms with Crippen molar-refractivity contribution in [2.24, 2.45) is 5.92 Å². The van der Waals surface area contributed by atoms with E-state index in [0.717, 1.165) is 34.9 Å². The summed E-state index contributed by atoms with van der Waals surface area (Å²) in [5.41, 5.74) is 4.20. The molecule has 0 unspecified atom stereocenters. The van der Waals surface area contributed by atoms with Crippen molar-refractivity contribution < 1.29 is 5.11 Å². The van der Waals surface area contributed by atoms with Crippen molar-refractivity contribution >= 4 is 31.9 Å². The molecule has 0 amide bonds. The first kappa shape index (κ1) is 17.5. The van der Waals surface area contributed by atoms with E-state index in [4.69, 9.17) is 0 Å². The van der Waals surface area contributed by atoms with Crippen LogP contribution < -0.4 is 0 Å². The van der Waals surface area contributed by atoms with Crippen LogP contribution in [0, 0.1) is 5.92 Å². The number of hydrogen-bond acceptors (Lipinski definition) is 2. The van der Waals surface area contributed by atoms with E-state index in [9.17, 15) is 5.11 Å². The number of likely N-dealkylation sites (tertiary alicyclic amines) is 1. The van der Waals surface area contributed by atoms with Crippen LogP contribution in [0.4, 0.5) is 0 Å². The van der Waals surface area contributed by atoms with Crippen LogP contribution in [0.2, 0.25) is 0 Å². The van der Waals surface area contributed by atoms with E-state index in [1.54, 1.807) is 0 Å². The molecule has 4 heteroatoms. The zero-order valence-electron chi connectivity index (χ0n) is 14.3. The van der Waals surface area contributed by atoms with Gasteiger partial charge in [-0.25, -0.2) is 0 Å². The van der Waals surface area contributed by atoms with E-state index < -0.39 is 0 Å². The van der Waals surface area contributed by atoms with Gasteiger partial charge in [0.2, 0.25) is 0 Å². The Kier molecular flexibility index (Phi) is 4.72. The molecule has 0 spiro atoms. The molecule has 2 nitrogen and oxygen atoms in total. The Morgan fingerprint density at radius 2 is 2.13 bits per heavy atom. The maximum absolute atomic E-state index is 10.3. The molecule has 1 aliphatic heterocycles. The molecule has 2 bridgehead atoms. The van der Waals surface area contributed by atoms with Gasteiger partial charge in [0.15, 0.2) is 0 Å². The van der Waals surface area contributed by atoms with Gasteiger partial charge in [-0.3, -0.25) is 4.90 Å². The highest BCUT2D eigenvalue weighted by molar-refractivity contribution is 9.11. The van der Waals surface area contributed by atoms with Crippen LogP contribution in [-0.2, 0) is 11.8 Å². The molecule has 1 aromatic rings. The van der Waals surface area contributed by atoms with Gasteiger partial charge in [0.05, 0.1) is 8.95 Å². The number of benzene rings is 1. The molecule has 1 N–H and O–H groups in total. The standard InChI is InChI=1S/C19H25Br2NO/c1-11(2)5-7-22-8-6-19(4)12(3)15(22)10-13-9-14(20)18(23)17(21)16(13)19/h5,9,12,15,23H,6-8,10H2,1-4H3/t12-,15+,19+/m1/s1. The molecule has 0 aromatic heterocycles. The Balaban J connectivity index is 2.05. The predicted molar refractivity (Wildman–Crippen MR) is 103 cm³/mol. The summed E-state index contributed by atoms with van der Waals surface area (Å²) in [5, 5.41) is 10.3. The van der Waals surface area contributed by atoms with E-state index in [0.29, 0.717) is 17.7 Å². The normalized spacial score (nSPS) is 30.0. The fraction of sp³-hybridized carbons (Fsp3) is 0.579. The highest BCUT2D eigenvalue weighted by atomic mass is 79.9. The van der Waals surface area contributed by atoms with E-state index in [-0.39, 0.29) is 5.41 Å². The Hall–Kier alpha value is -0.320. The fourth-order valence-corrected chi connectivity index (χ4v) is 6.02. The summed E-state index contributed by atoms with van der Waals surface area (Å²) < 4.78 is 1.67. The number of piperidine rings is 1. The molecule has 23 heavy (non-hydrogen) atoms. The second kappa shape index (κ2) is 6.20. The predicted octanol–water partition coefficient (Wildman–Crippen LogP) is 5.41. The molecule has 1 fully saturated rings. The first-order chi connectivity index (χ1) is 10.8. The van der Waals surface area contributed by atoms with Gasteiger partial charge in [-0.15, -0.1) is 0 Å². The number of phenols is 1. The molecular weight excluding hydrogens is 418 g/mol. The SMILES string of the molecule is CC(C)=CCN1CC[C@]2(C)c3c(cc(Br)c(O)c3Br)C[C@H]1[C@H]2C. The van der Waals surface area contributed by atoms with Gasteiger partial charge < -0.3 is 5.11 Å². The van der Waals surface area contributed by atoms with Crippen molar-refractivity contribution in [3.8, 4) is 5.75 Å². The molecule has 0 radical (unpaired) electrons. The van der Waals surface area contributed by atoms with Crippen LogP contribution in [0.15, 0.2) is 26.7 Å². The highest BCUT2D eigenvalue weighted by Gasteiger charge is 2.49. The van der Waals surface area contributed by atoms with Crippen LogP contribution in [0.5, 0.6) is 5.75 Å². The van der Waals surface area contributed by atoms with Crippen LogP contribution in [0.1, 0.15) is 45.2 Å². The van der Waals surface area contributed by atoms with Gasteiger partial charge in [0.25, 0.3) is 0 Å². The van der Waals surface area contributed by atoms with Crippen LogP contribution in [0.25, 0.3) is 0 Å². The second-order valence-corrected chi connectivity index (χ2v) is 9.21. The number of nitrogens with zero attached hydrogens (tertiary/aromatic N) is 1. The second-order valence-electron chi connectivity index (χ2n) is 7.56. The molecule has 126 valence electrons. The zero-order valence-corrected chi connectivity index (χ0v) is 17.5. The lowest BCUT2D eigenvalue weighted by molar-refractivity contribution is 0.0392. The summed E-state index contributed by atoms with van der Waals surface area (Å²) in [6, 6.07) is 2.69. The molecular formula is C19H25Br2NO. The molecule has 3 rings (SSSR count). The monoisotopic (exact) mass is 441 g/mol. The molecule has 2 aliphatic rings. The van der Waals surface area contributed by atoms with Gasteiger partial charge in [-0.1, -0.05) is 25.5 Å². The number of hydrogen-bond donors (Lipinski definition) is 1. The van der Waals surface area contributed by atoms with E-state index >= 15 is 0 Å². The number of phenolic OH excluding ortho intramolecular Hbond substituents is 1. The summed E-state index contributed by atoms with van der Waals surface area (Å²) in [4.78, 5) is 2.64. The fourth-order valence-electron chi connectivity index (χ4n) is 4.36. The summed E-state index contributed by atoms with van der Waals surface area (Å²) in [5.74, 6) is 0.911. The first-order valence-electron chi connectivity index (χ1n) is 8.33. The number of rotatable bonds is 2. The number of aromatic hydroxyl groups is 1. The number of halogens is 2. The van der Waals surface area contributed by atoms with Gasteiger partial charge in [-0.2, -0.15) is 0 Å². The van der Waals surface area contributed by atoms with Crippen molar-refractivity contribution in [1.82, 2.24) is 4.90 Å². The Morgan fingerprint density at radius 1 is 1.43 bits per heavy atom. The van der Waals surface area contributed by atoms with Gasteiger partial charge in [0.1, 0.15) is 5.75 Å². The Morgan fingerprint density at radius 3 is 2.78 bits per heavy atom. The van der Waals surface area contributed by atoms with Crippen LogP contribution >= 0.6 is 31.9 Å². The molecule has 1 saturated heterocycles. The maximum atomic E-state index is 10.3. The quantitative estimate of drug-likeness (QED) is 0.619. The van der Waals surface area contributed by atoms with Crippen molar-refractivity contribution in [3.05, 3.63) is 37.8 Å². The van der Waals surface area contributed by atoms with Crippen LogP contribution in [0.3, 0.4) is 0 Å². The minimum Gasteiger partial charge on any atom is -0.506 e. The molecule has 1 aromatic carbocycles. The lowest BCUT2D eigenvalue weighted by Crippen LogP contribution is -2.58. The van der Waals surface area contributed by atoms with E-state index in [2.05, 4.69) is 76.6 Å². The van der Waals surface area contributed by atoms with Gasteiger partial charge >= 0.3 is 0 Å². The zero-order chi connectivity index (χ0) is 16.9. The summed E-state index contributed by atoms with van der Waals surface area (Å²) >= 11 is 7.17. The minimum absolute atomic E-state index is 0.122. The maximum Gasteiger partial charge on any atom is 0.144 e. The summed E-state index contributed by atoms with van der Waals surface area (Å²) in [6.45, 7) is 11.3. The largest absolute Gasteiger partial charge is 0.506 e. The van der Waals surface area contributed by atoms with Crippen molar-refractivity contribution in [1.29, 1.82) is 0 Å². The smallest absolute Gasteiger partial charge is 0.144 e. The van der Waals surface area contributed by atoms with Gasteiger partial charge in [-0.05, 0) is 93.6 Å². The average Bonchev–Trinajstić information content (AvgIpc) is 2.47. The van der Waals surface area contributed by atoms with Crippen LogP contribution in [-0.4, -0.2) is 29.1 Å². The van der Waals surface area contributed by atoms with E-state index in [1.807, 2.05) is 0 Å². The average molecular weight is 443 g/mol. The lowest BCUT2D eigenvalue weighted by Gasteiger charge is -2.55. The summed E-state index contributed by atoms with van der Waals surface area (Å²) in [6.07, 6.45) is 4.53. The molecule has 3 atom stereocenters. The summed E-state index contributed by atoms with van der Waals surface area (Å²) in [7, 11) is 0. The third-order valence-corrected chi connectivity index (χ3v) is 7.36. The third kappa shape index (κ3) is 2.81. The number of allylic oxidation sites excluding steroid dienone is 1. The van der Waals surface area contributed by atoms with Crippen molar-refractivity contribution in [3.63, 3.8) is 0 Å². The highest BCUT2D eigenvalue weighted by Crippen LogP contribution is 2.53. The van der Waals surface area contributed by atoms with Crippen molar-refractivity contribution in [2.75, 3.05) is 13.1 Å². The van der Waals surface area contributed by atoms with Crippen molar-refractivity contribution in [2.45, 2.75) is 52.0 Å². The molecule has 1 aliphatic carbocycles. The Labute approximate surface area is 156 Å². The molecule has 1 heterocycles. The topological polar surface area (TPSA) is 23.5 Å². The van der Waals surface area contributed by atoms with Gasteiger partial charge in [0, 0.05) is 12.6 Å². The van der Waals surface area contributed by atoms with E-state index in [1.165, 1.54) is 16.7 Å².